The fourth-order valence-electron chi connectivity index (χ4n) is 1.63. The summed E-state index contributed by atoms with van der Waals surface area (Å²) in [5.74, 6) is -1.05. The van der Waals surface area contributed by atoms with Crippen molar-refractivity contribution >= 4 is 17.3 Å². The zero-order valence-corrected chi connectivity index (χ0v) is 10.3. The molecule has 0 saturated carbocycles. The monoisotopic (exact) mass is 254 g/mol. The number of benzene rings is 1. The largest absolute Gasteiger partial charge is 0.478 e. The number of aliphatic hydroxyl groups is 1. The van der Waals surface area contributed by atoms with Gasteiger partial charge in [0.1, 0.15) is 0 Å². The molecule has 0 aliphatic carbocycles. The number of nitrogen functional groups attached to an aromatic ring is 1. The lowest BCUT2D eigenvalue weighted by atomic mass is 10.1. The molecule has 0 radical (unpaired) electrons. The van der Waals surface area contributed by atoms with Gasteiger partial charge in [-0.3, -0.25) is 0 Å². The molecule has 0 aliphatic rings. The molecule has 0 unspecified atom stereocenters. The van der Waals surface area contributed by atoms with E-state index < -0.39 is 5.97 Å². The minimum absolute atomic E-state index is 0.00427. The van der Waals surface area contributed by atoms with E-state index in [1.54, 1.807) is 19.2 Å². The molecule has 0 saturated heterocycles. The summed E-state index contributed by atoms with van der Waals surface area (Å²) in [5.41, 5.74) is 6.74. The maximum Gasteiger partial charge on any atom is 0.337 e. The number of aliphatic hydroxyl groups excluding tert-OH is 1. The first-order valence-electron chi connectivity index (χ1n) is 5.57. The number of methoxy groups -OCH3 is 1. The van der Waals surface area contributed by atoms with Crippen LogP contribution in [0.4, 0.5) is 11.4 Å². The van der Waals surface area contributed by atoms with Gasteiger partial charge in [-0.1, -0.05) is 0 Å². The standard InChI is InChI=1S/C12H18N2O4/c1-18-7-5-14(4-6-15)9-2-3-10(12(16)17)11(13)8-9/h2-3,8,15H,4-7,13H2,1H3,(H,16,17). The summed E-state index contributed by atoms with van der Waals surface area (Å²) in [6.07, 6.45) is 0. The van der Waals surface area contributed by atoms with Crippen LogP contribution in [-0.2, 0) is 4.74 Å². The molecule has 6 heteroatoms. The Bertz CT molecular complexity index is 409. The van der Waals surface area contributed by atoms with Crippen LogP contribution in [-0.4, -0.2) is 49.6 Å². The van der Waals surface area contributed by atoms with Crippen LogP contribution < -0.4 is 10.6 Å². The van der Waals surface area contributed by atoms with E-state index in [9.17, 15) is 4.79 Å². The number of hydrogen-bond donors (Lipinski definition) is 3. The lowest BCUT2D eigenvalue weighted by Crippen LogP contribution is -2.30. The van der Waals surface area contributed by atoms with Gasteiger partial charge in [0.05, 0.1) is 18.8 Å². The van der Waals surface area contributed by atoms with Crippen LogP contribution in [0.3, 0.4) is 0 Å². The van der Waals surface area contributed by atoms with E-state index in [0.29, 0.717) is 19.7 Å². The Morgan fingerprint density at radius 2 is 2.17 bits per heavy atom. The first-order chi connectivity index (χ1) is 8.60. The van der Waals surface area contributed by atoms with E-state index in [2.05, 4.69) is 0 Å². The molecule has 1 aromatic carbocycles. The van der Waals surface area contributed by atoms with Gasteiger partial charge in [-0.05, 0) is 18.2 Å². The predicted octanol–water partition coefficient (Wildman–Crippen LogP) is 0.412. The molecule has 4 N–H and O–H groups in total. The van der Waals surface area contributed by atoms with Crippen molar-refractivity contribution in [1.29, 1.82) is 0 Å². The Morgan fingerprint density at radius 3 is 2.67 bits per heavy atom. The smallest absolute Gasteiger partial charge is 0.337 e. The number of hydrogen-bond acceptors (Lipinski definition) is 5. The molecule has 0 heterocycles. The SMILES string of the molecule is COCCN(CCO)c1ccc(C(=O)O)c(N)c1. The van der Waals surface area contributed by atoms with Crippen LogP contribution in [0.2, 0.25) is 0 Å². The number of carboxylic acid groups (broad SMARTS) is 1. The highest BCUT2D eigenvalue weighted by atomic mass is 16.5. The molecule has 6 nitrogen and oxygen atoms in total. The number of nitrogens with zero attached hydrogens (tertiary/aromatic N) is 1. The number of carboxylic acids is 1. The maximum absolute atomic E-state index is 10.8. The average Bonchev–Trinajstić information content (AvgIpc) is 2.33. The van der Waals surface area contributed by atoms with Gasteiger partial charge in [0.2, 0.25) is 0 Å². The highest BCUT2D eigenvalue weighted by Crippen LogP contribution is 2.21. The first-order valence-corrected chi connectivity index (χ1v) is 5.57. The molecule has 0 atom stereocenters. The van der Waals surface area contributed by atoms with E-state index in [-0.39, 0.29) is 17.9 Å². The van der Waals surface area contributed by atoms with E-state index >= 15 is 0 Å². The molecule has 1 aromatic rings. The van der Waals surface area contributed by atoms with Crippen molar-refractivity contribution in [3.05, 3.63) is 23.8 Å². The van der Waals surface area contributed by atoms with Gasteiger partial charge in [0.25, 0.3) is 0 Å². The van der Waals surface area contributed by atoms with Crippen molar-refractivity contribution in [3.63, 3.8) is 0 Å². The van der Waals surface area contributed by atoms with Crippen molar-refractivity contribution in [2.75, 3.05) is 44.0 Å². The van der Waals surface area contributed by atoms with E-state index in [1.807, 2.05) is 4.90 Å². The molecule has 0 amide bonds. The second-order valence-corrected chi connectivity index (χ2v) is 3.78. The molecule has 0 aliphatic heterocycles. The number of aromatic carboxylic acids is 1. The van der Waals surface area contributed by atoms with Crippen molar-refractivity contribution in [1.82, 2.24) is 0 Å². The van der Waals surface area contributed by atoms with Crippen LogP contribution >= 0.6 is 0 Å². The second-order valence-electron chi connectivity index (χ2n) is 3.78. The normalized spacial score (nSPS) is 10.3. The van der Waals surface area contributed by atoms with Gasteiger partial charge in [0.15, 0.2) is 0 Å². The third-order valence-electron chi connectivity index (χ3n) is 2.57. The summed E-state index contributed by atoms with van der Waals surface area (Å²) in [4.78, 5) is 12.7. The molecule has 1 rings (SSSR count). The zero-order chi connectivity index (χ0) is 13.5. The molecule has 0 bridgehead atoms. The van der Waals surface area contributed by atoms with Gasteiger partial charge in [0, 0.05) is 31.6 Å². The number of carbonyl (C=O) groups is 1. The number of nitrogens with two attached hydrogens (primary N) is 1. The topological polar surface area (TPSA) is 96.0 Å². The van der Waals surface area contributed by atoms with Gasteiger partial charge in [-0.2, -0.15) is 0 Å². The van der Waals surface area contributed by atoms with Crippen LogP contribution in [0.1, 0.15) is 10.4 Å². The van der Waals surface area contributed by atoms with Gasteiger partial charge >= 0.3 is 5.97 Å². The average molecular weight is 254 g/mol. The third kappa shape index (κ3) is 3.61. The lowest BCUT2D eigenvalue weighted by Gasteiger charge is -2.24. The van der Waals surface area contributed by atoms with Crippen molar-refractivity contribution in [2.24, 2.45) is 0 Å². The van der Waals surface area contributed by atoms with Crippen LogP contribution in [0.5, 0.6) is 0 Å². The summed E-state index contributed by atoms with van der Waals surface area (Å²) in [6, 6.07) is 4.73. The van der Waals surface area contributed by atoms with Crippen LogP contribution in [0.25, 0.3) is 0 Å². The first kappa shape index (κ1) is 14.3. The quantitative estimate of drug-likeness (QED) is 0.610. The summed E-state index contributed by atoms with van der Waals surface area (Å²) in [7, 11) is 1.60. The van der Waals surface area contributed by atoms with Crippen molar-refractivity contribution in [3.8, 4) is 0 Å². The fourth-order valence-corrected chi connectivity index (χ4v) is 1.63. The Balaban J connectivity index is 2.91. The summed E-state index contributed by atoms with van der Waals surface area (Å²) >= 11 is 0. The Kier molecular flexibility index (Phi) is 5.41. The molecule has 18 heavy (non-hydrogen) atoms. The molecule has 100 valence electrons. The molecular formula is C12H18N2O4. The van der Waals surface area contributed by atoms with Crippen molar-refractivity contribution < 1.29 is 19.7 Å². The van der Waals surface area contributed by atoms with Crippen molar-refractivity contribution in [2.45, 2.75) is 0 Å². The number of anilines is 2. The Morgan fingerprint density at radius 1 is 1.44 bits per heavy atom. The molecular weight excluding hydrogens is 236 g/mol. The summed E-state index contributed by atoms with van der Waals surface area (Å²) < 4.78 is 4.98. The van der Waals surface area contributed by atoms with E-state index in [1.165, 1.54) is 6.07 Å². The second kappa shape index (κ2) is 6.83. The summed E-state index contributed by atoms with van der Waals surface area (Å²) in [6.45, 7) is 1.56. The van der Waals surface area contributed by atoms with E-state index in [4.69, 9.17) is 20.7 Å². The molecule has 0 spiro atoms. The minimum atomic E-state index is -1.05. The third-order valence-corrected chi connectivity index (χ3v) is 2.57. The maximum atomic E-state index is 10.8. The summed E-state index contributed by atoms with van der Waals surface area (Å²) in [5, 5.41) is 17.9. The zero-order valence-electron chi connectivity index (χ0n) is 10.3. The minimum Gasteiger partial charge on any atom is -0.478 e. The fraction of sp³-hybridized carbons (Fsp3) is 0.417. The number of ether oxygens (including phenoxy) is 1. The number of rotatable bonds is 7. The highest BCUT2D eigenvalue weighted by molar-refractivity contribution is 5.94. The van der Waals surface area contributed by atoms with Crippen LogP contribution in [0, 0.1) is 0 Å². The van der Waals surface area contributed by atoms with Crippen LogP contribution in [0.15, 0.2) is 18.2 Å². The Labute approximate surface area is 106 Å². The van der Waals surface area contributed by atoms with Gasteiger partial charge in [-0.15, -0.1) is 0 Å². The predicted molar refractivity (Wildman–Crippen MR) is 69.0 cm³/mol. The highest BCUT2D eigenvalue weighted by Gasteiger charge is 2.11. The molecule has 0 fully saturated rings. The van der Waals surface area contributed by atoms with E-state index in [0.717, 1.165) is 5.69 Å². The van der Waals surface area contributed by atoms with Gasteiger partial charge in [-0.25, -0.2) is 4.79 Å². The molecule has 0 aromatic heterocycles. The lowest BCUT2D eigenvalue weighted by molar-refractivity contribution is 0.0698. The Hall–Kier alpha value is -1.79. The van der Waals surface area contributed by atoms with Gasteiger partial charge < -0.3 is 25.6 Å².